The van der Waals surface area contributed by atoms with E-state index in [2.05, 4.69) is 5.32 Å². The zero-order valence-electron chi connectivity index (χ0n) is 20.3. The van der Waals surface area contributed by atoms with Gasteiger partial charge >= 0.3 is 6.18 Å². The summed E-state index contributed by atoms with van der Waals surface area (Å²) < 4.78 is 64.3. The molecule has 5 nitrogen and oxygen atoms in total. The summed E-state index contributed by atoms with van der Waals surface area (Å²) >= 11 is 0. The highest BCUT2D eigenvalue weighted by Gasteiger charge is 2.29. The lowest BCUT2D eigenvalue weighted by Gasteiger charge is -2.16. The van der Waals surface area contributed by atoms with E-state index >= 15 is 0 Å². The minimum absolute atomic E-state index is 0.160. The Morgan fingerprint density at radius 1 is 1.08 bits per heavy atom. The number of methoxy groups -OCH3 is 1. The molecule has 0 saturated carbocycles. The van der Waals surface area contributed by atoms with Crippen molar-refractivity contribution in [2.24, 2.45) is 0 Å². The van der Waals surface area contributed by atoms with Gasteiger partial charge in [-0.25, -0.2) is 4.39 Å². The van der Waals surface area contributed by atoms with Gasteiger partial charge in [0.25, 0.3) is 5.91 Å². The third-order valence-corrected chi connectivity index (χ3v) is 6.15. The van der Waals surface area contributed by atoms with Crippen LogP contribution in [0.3, 0.4) is 0 Å². The number of halogens is 4. The molecule has 4 aromatic rings. The third kappa shape index (κ3) is 5.21. The summed E-state index contributed by atoms with van der Waals surface area (Å²) in [6.07, 6.45) is -5.21. The number of alkyl halides is 3. The fourth-order valence-electron chi connectivity index (χ4n) is 4.33. The number of ether oxygens (including phenoxy) is 1. The number of furan rings is 1. The molecule has 0 aliphatic carbocycles. The Hall–Kier alpha value is -4.14. The maximum Gasteiger partial charge on any atom is 0.389 e. The molecule has 1 amide bonds. The number of hydrogen-bond acceptors (Lipinski definition) is 4. The first-order valence-corrected chi connectivity index (χ1v) is 11.3. The molecule has 37 heavy (non-hydrogen) atoms. The van der Waals surface area contributed by atoms with Gasteiger partial charge in [0.1, 0.15) is 22.9 Å². The summed E-state index contributed by atoms with van der Waals surface area (Å²) in [5, 5.41) is 2.93. The minimum atomic E-state index is -4.40. The molecule has 9 heteroatoms. The number of fused-ring (bicyclic) bond motifs is 1. The van der Waals surface area contributed by atoms with Crippen molar-refractivity contribution in [3.8, 4) is 28.2 Å². The summed E-state index contributed by atoms with van der Waals surface area (Å²) in [6, 6.07) is 11.6. The van der Waals surface area contributed by atoms with Crippen molar-refractivity contribution in [3.05, 3.63) is 76.6 Å². The lowest BCUT2D eigenvalue weighted by Crippen LogP contribution is -2.18. The summed E-state index contributed by atoms with van der Waals surface area (Å²) in [4.78, 5) is 24.6. The lowest BCUT2D eigenvalue weighted by molar-refractivity contribution is -0.133. The van der Waals surface area contributed by atoms with Gasteiger partial charge in [0.2, 0.25) is 0 Å². The van der Waals surface area contributed by atoms with Gasteiger partial charge in [0, 0.05) is 24.4 Å². The third-order valence-electron chi connectivity index (χ3n) is 6.15. The van der Waals surface area contributed by atoms with Crippen molar-refractivity contribution >= 4 is 23.2 Å². The van der Waals surface area contributed by atoms with E-state index in [0.29, 0.717) is 45.2 Å². The Morgan fingerprint density at radius 3 is 2.38 bits per heavy atom. The lowest BCUT2D eigenvalue weighted by atomic mass is 9.90. The van der Waals surface area contributed by atoms with Crippen LogP contribution in [0.5, 0.6) is 5.75 Å². The van der Waals surface area contributed by atoms with Crippen LogP contribution in [0.15, 0.2) is 52.9 Å². The molecule has 0 spiro atoms. The SMILES string of the molecule is CNC(=O)c1c(-c2ccc(F)cc2)oc2cc(CCC(F)(F)F)c(-c3cc(C=O)c(OC)cc3C)cc12. The van der Waals surface area contributed by atoms with E-state index in [1.165, 1.54) is 44.5 Å². The molecule has 4 rings (SSSR count). The molecule has 1 N–H and O–H groups in total. The molecule has 0 saturated heterocycles. The monoisotopic (exact) mass is 513 g/mol. The van der Waals surface area contributed by atoms with E-state index in [1.807, 2.05) is 0 Å². The number of nitrogens with one attached hydrogen (secondary N) is 1. The molecule has 0 radical (unpaired) electrons. The Morgan fingerprint density at radius 2 is 1.78 bits per heavy atom. The molecule has 192 valence electrons. The maximum absolute atomic E-state index is 13.5. The zero-order valence-corrected chi connectivity index (χ0v) is 20.3. The zero-order chi connectivity index (χ0) is 26.9. The van der Waals surface area contributed by atoms with Gasteiger partial charge in [0.15, 0.2) is 6.29 Å². The summed E-state index contributed by atoms with van der Waals surface area (Å²) in [7, 11) is 2.86. The Labute approximate surface area is 210 Å². The van der Waals surface area contributed by atoms with E-state index in [0.717, 1.165) is 0 Å². The molecule has 0 bridgehead atoms. The second kappa shape index (κ2) is 10.1. The number of hydrogen-bond donors (Lipinski definition) is 1. The summed E-state index contributed by atoms with van der Waals surface area (Å²) in [5.74, 6) is -0.457. The van der Waals surface area contributed by atoms with Crippen LogP contribution in [0.2, 0.25) is 0 Å². The largest absolute Gasteiger partial charge is 0.496 e. The van der Waals surface area contributed by atoms with Gasteiger partial charge in [-0.1, -0.05) is 0 Å². The fraction of sp³-hybridized carbons (Fsp3) is 0.214. The van der Waals surface area contributed by atoms with Gasteiger partial charge < -0.3 is 14.5 Å². The molecule has 1 aromatic heterocycles. The van der Waals surface area contributed by atoms with Crippen molar-refractivity contribution in [1.82, 2.24) is 5.32 Å². The van der Waals surface area contributed by atoms with Crippen LogP contribution in [0.4, 0.5) is 17.6 Å². The normalized spacial score (nSPS) is 11.5. The molecule has 0 aliphatic heterocycles. The average Bonchev–Trinajstić information content (AvgIpc) is 3.24. The first-order chi connectivity index (χ1) is 17.6. The van der Waals surface area contributed by atoms with Crippen molar-refractivity contribution in [1.29, 1.82) is 0 Å². The highest BCUT2D eigenvalue weighted by molar-refractivity contribution is 6.12. The van der Waals surface area contributed by atoms with E-state index < -0.39 is 24.3 Å². The molecule has 1 heterocycles. The number of benzene rings is 3. The van der Waals surface area contributed by atoms with Crippen LogP contribution in [0.25, 0.3) is 33.4 Å². The quantitative estimate of drug-likeness (QED) is 0.216. The molecule has 3 aromatic carbocycles. The second-order valence-corrected chi connectivity index (χ2v) is 8.54. The molecule has 0 aliphatic rings. The first-order valence-electron chi connectivity index (χ1n) is 11.3. The van der Waals surface area contributed by atoms with Gasteiger partial charge in [-0.05, 0) is 84.1 Å². The van der Waals surface area contributed by atoms with Gasteiger partial charge in [-0.15, -0.1) is 0 Å². The van der Waals surface area contributed by atoms with Gasteiger partial charge in [-0.3, -0.25) is 9.59 Å². The van der Waals surface area contributed by atoms with E-state index in [4.69, 9.17) is 9.15 Å². The standard InChI is InChI=1S/C28H23F4NO4/c1-15-10-23(36-3)18(14-34)11-20(15)21-13-22-24(12-17(21)8-9-28(30,31)32)37-26(25(22)27(35)33-2)16-4-6-19(29)7-5-16/h4-7,10-14H,8-9H2,1-3H3,(H,33,35). The molecular weight excluding hydrogens is 490 g/mol. The molecule has 0 atom stereocenters. The van der Waals surface area contributed by atoms with E-state index in [9.17, 15) is 27.2 Å². The van der Waals surface area contributed by atoms with Gasteiger partial charge in [-0.2, -0.15) is 13.2 Å². The number of aryl methyl sites for hydroxylation is 2. The van der Waals surface area contributed by atoms with E-state index in [-0.39, 0.29) is 28.9 Å². The number of aldehydes is 1. The van der Waals surface area contributed by atoms with Crippen molar-refractivity contribution < 1.29 is 36.3 Å². The van der Waals surface area contributed by atoms with Crippen LogP contribution in [-0.2, 0) is 6.42 Å². The summed E-state index contributed by atoms with van der Waals surface area (Å²) in [5.41, 5.74) is 2.98. The van der Waals surface area contributed by atoms with Crippen LogP contribution in [-0.4, -0.2) is 32.5 Å². The fourth-order valence-corrected chi connectivity index (χ4v) is 4.33. The number of carbonyl (C=O) groups excluding carboxylic acids is 2. The van der Waals surface area contributed by atoms with Crippen molar-refractivity contribution in [2.45, 2.75) is 25.9 Å². The Bertz CT molecular complexity index is 1490. The van der Waals surface area contributed by atoms with Gasteiger partial charge in [0.05, 0.1) is 18.2 Å². The minimum Gasteiger partial charge on any atom is -0.496 e. The highest BCUT2D eigenvalue weighted by atomic mass is 19.4. The Kier molecular flexibility index (Phi) is 7.07. The maximum atomic E-state index is 13.5. The first kappa shape index (κ1) is 25.9. The number of rotatable bonds is 7. The van der Waals surface area contributed by atoms with Crippen molar-refractivity contribution in [3.63, 3.8) is 0 Å². The highest BCUT2D eigenvalue weighted by Crippen LogP contribution is 2.40. The molecule has 0 fully saturated rings. The number of amides is 1. The van der Waals surface area contributed by atoms with Crippen LogP contribution in [0, 0.1) is 12.7 Å². The topological polar surface area (TPSA) is 68.5 Å². The van der Waals surface area contributed by atoms with Crippen LogP contribution >= 0.6 is 0 Å². The van der Waals surface area contributed by atoms with Crippen molar-refractivity contribution in [2.75, 3.05) is 14.2 Å². The van der Waals surface area contributed by atoms with Crippen LogP contribution < -0.4 is 10.1 Å². The predicted molar refractivity (Wildman–Crippen MR) is 131 cm³/mol. The molecule has 0 unspecified atom stereocenters. The van der Waals surface area contributed by atoms with E-state index in [1.54, 1.807) is 25.1 Å². The number of carbonyl (C=O) groups is 2. The smallest absolute Gasteiger partial charge is 0.389 e. The summed E-state index contributed by atoms with van der Waals surface area (Å²) in [6.45, 7) is 1.75. The van der Waals surface area contributed by atoms with Crippen LogP contribution in [0.1, 0.15) is 38.3 Å². The second-order valence-electron chi connectivity index (χ2n) is 8.54. The Balaban J connectivity index is 2.03. The average molecular weight is 513 g/mol. The molecular formula is C28H23F4NO4. The predicted octanol–water partition coefficient (Wildman–Crippen LogP) is 6.89.